The molecule has 0 heterocycles. The van der Waals surface area contributed by atoms with Gasteiger partial charge in [0, 0.05) is 12.3 Å². The van der Waals surface area contributed by atoms with E-state index in [-0.39, 0.29) is 18.9 Å². The van der Waals surface area contributed by atoms with E-state index in [1.807, 2.05) is 56.3 Å². The molecule has 0 saturated heterocycles. The zero-order valence-electron chi connectivity index (χ0n) is 22.6. The lowest BCUT2D eigenvalue weighted by Crippen LogP contribution is -2.45. The highest BCUT2D eigenvalue weighted by Gasteiger charge is 2.26. The number of ether oxygens (including phenoxy) is 3. The molecule has 202 valence electrons. The number of alkyl halides is 1. The average Bonchev–Trinajstić information content (AvgIpc) is 2.84. The van der Waals surface area contributed by atoms with Crippen LogP contribution < -0.4 is 10.1 Å². The van der Waals surface area contributed by atoms with Crippen molar-refractivity contribution >= 4 is 29.7 Å². The first-order valence-electron chi connectivity index (χ1n) is 12.7. The minimum absolute atomic E-state index is 0.187. The fraction of sp³-hybridized carbons (Fsp3) is 0.467. The molecule has 0 aromatic heterocycles. The van der Waals surface area contributed by atoms with Crippen LogP contribution in [0.5, 0.6) is 5.75 Å². The Morgan fingerprint density at radius 2 is 1.78 bits per heavy atom. The number of rotatable bonds is 13. The maximum atomic E-state index is 12.7. The second-order valence-corrected chi connectivity index (χ2v) is 10.7. The van der Waals surface area contributed by atoms with Gasteiger partial charge in [0.25, 0.3) is 0 Å². The van der Waals surface area contributed by atoms with Crippen molar-refractivity contribution in [3.63, 3.8) is 0 Å². The van der Waals surface area contributed by atoms with Crippen molar-refractivity contribution in [2.24, 2.45) is 5.92 Å². The van der Waals surface area contributed by atoms with E-state index in [2.05, 4.69) is 11.9 Å². The quantitative estimate of drug-likeness (QED) is 0.171. The summed E-state index contributed by atoms with van der Waals surface area (Å²) in [7, 11) is 0. The second kappa shape index (κ2) is 14.7. The summed E-state index contributed by atoms with van der Waals surface area (Å²) < 4.78 is 16.6. The predicted octanol–water partition coefficient (Wildman–Crippen LogP) is 7.03. The van der Waals surface area contributed by atoms with Gasteiger partial charge < -0.3 is 19.5 Å². The zero-order chi connectivity index (χ0) is 27.4. The van der Waals surface area contributed by atoms with Gasteiger partial charge in [-0.15, -0.1) is 11.6 Å². The highest BCUT2D eigenvalue weighted by molar-refractivity contribution is 6.17. The Balaban J connectivity index is 2.16. The predicted molar refractivity (Wildman–Crippen MR) is 150 cm³/mol. The number of hydrogen-bond donors (Lipinski definition) is 1. The van der Waals surface area contributed by atoms with E-state index in [4.69, 9.17) is 25.8 Å². The number of amides is 1. The fourth-order valence-corrected chi connectivity index (χ4v) is 3.69. The Hall–Kier alpha value is -2.99. The van der Waals surface area contributed by atoms with Gasteiger partial charge in [0.05, 0.1) is 13.2 Å². The molecule has 1 N–H and O–H groups in total. The van der Waals surface area contributed by atoms with Gasteiger partial charge in [0.15, 0.2) is 0 Å². The molecule has 0 aliphatic rings. The molecule has 0 radical (unpaired) electrons. The van der Waals surface area contributed by atoms with E-state index in [1.165, 1.54) is 0 Å². The minimum atomic E-state index is -0.863. The Morgan fingerprint density at radius 3 is 2.38 bits per heavy atom. The molecule has 0 unspecified atom stereocenters. The molecule has 6 nitrogen and oxygen atoms in total. The molecule has 0 aliphatic carbocycles. The Labute approximate surface area is 226 Å². The molecular weight excluding hydrogens is 490 g/mol. The molecule has 2 aromatic rings. The number of benzene rings is 2. The van der Waals surface area contributed by atoms with E-state index in [1.54, 1.807) is 26.8 Å². The van der Waals surface area contributed by atoms with Crippen LogP contribution in [0.25, 0.3) is 17.2 Å². The second-order valence-electron chi connectivity index (χ2n) is 10.3. The van der Waals surface area contributed by atoms with Crippen LogP contribution in [-0.2, 0) is 20.7 Å². The van der Waals surface area contributed by atoms with Gasteiger partial charge in [-0.1, -0.05) is 56.8 Å². The van der Waals surface area contributed by atoms with Crippen LogP contribution in [0.4, 0.5) is 4.79 Å². The third-order valence-electron chi connectivity index (χ3n) is 5.28. The Bertz CT molecular complexity index is 1030. The fourth-order valence-electron chi connectivity index (χ4n) is 3.50. The Kier molecular flexibility index (Phi) is 12.0. The van der Waals surface area contributed by atoms with Gasteiger partial charge in [-0.2, -0.15) is 0 Å². The molecule has 7 heteroatoms. The largest absolute Gasteiger partial charge is 0.494 e. The van der Waals surface area contributed by atoms with Gasteiger partial charge >= 0.3 is 12.1 Å². The van der Waals surface area contributed by atoms with Crippen molar-refractivity contribution in [3.05, 3.63) is 60.2 Å². The molecule has 0 fully saturated rings. The summed E-state index contributed by atoms with van der Waals surface area (Å²) in [4.78, 5) is 25.1. The third kappa shape index (κ3) is 10.9. The highest BCUT2D eigenvalue weighted by atomic mass is 35.5. The lowest BCUT2D eigenvalue weighted by Gasteiger charge is -2.23. The molecule has 0 bridgehead atoms. The van der Waals surface area contributed by atoms with Crippen LogP contribution in [-0.4, -0.2) is 42.8 Å². The van der Waals surface area contributed by atoms with E-state index in [0.717, 1.165) is 40.8 Å². The van der Waals surface area contributed by atoms with E-state index in [0.29, 0.717) is 12.5 Å². The Morgan fingerprint density at radius 1 is 1.08 bits per heavy atom. The number of nitrogens with one attached hydrogen (secondary N) is 1. The maximum absolute atomic E-state index is 12.7. The summed E-state index contributed by atoms with van der Waals surface area (Å²) in [6.07, 6.45) is 3.26. The molecule has 2 rings (SSSR count). The number of halogens is 1. The van der Waals surface area contributed by atoms with Crippen molar-refractivity contribution in [3.8, 4) is 16.9 Å². The summed E-state index contributed by atoms with van der Waals surface area (Å²) in [5.74, 6) is 1.12. The molecule has 2 aromatic carbocycles. The number of esters is 1. The van der Waals surface area contributed by atoms with Crippen molar-refractivity contribution < 1.29 is 23.8 Å². The molecule has 0 spiro atoms. The summed E-state index contributed by atoms with van der Waals surface area (Å²) in [5.41, 5.74) is 3.20. The molecule has 0 aliphatic heterocycles. The SMILES string of the molecule is C=Cc1cc(OCCCCCl)ccc1-c1ccc(C[C@H](NC(=O)OC(C)(C)C)C(=O)OCC(C)C)cc1. The molecule has 1 amide bonds. The van der Waals surface area contributed by atoms with E-state index >= 15 is 0 Å². The van der Waals surface area contributed by atoms with Gasteiger partial charge in [-0.25, -0.2) is 9.59 Å². The van der Waals surface area contributed by atoms with Crippen LogP contribution in [0.3, 0.4) is 0 Å². The zero-order valence-corrected chi connectivity index (χ0v) is 23.4. The topological polar surface area (TPSA) is 73.9 Å². The molecule has 37 heavy (non-hydrogen) atoms. The van der Waals surface area contributed by atoms with Crippen LogP contribution in [0, 0.1) is 5.92 Å². The number of carbonyl (C=O) groups is 2. The maximum Gasteiger partial charge on any atom is 0.408 e. The smallest absolute Gasteiger partial charge is 0.408 e. The average molecular weight is 530 g/mol. The van der Waals surface area contributed by atoms with E-state index in [9.17, 15) is 9.59 Å². The van der Waals surface area contributed by atoms with Gasteiger partial charge in [-0.3, -0.25) is 0 Å². The molecule has 1 atom stereocenters. The van der Waals surface area contributed by atoms with Gasteiger partial charge in [0.1, 0.15) is 17.4 Å². The van der Waals surface area contributed by atoms with Crippen molar-refractivity contribution in [2.45, 2.75) is 65.5 Å². The third-order valence-corrected chi connectivity index (χ3v) is 5.55. The van der Waals surface area contributed by atoms with Crippen LogP contribution in [0.1, 0.15) is 58.6 Å². The van der Waals surface area contributed by atoms with Crippen LogP contribution >= 0.6 is 11.6 Å². The number of unbranched alkanes of at least 4 members (excludes halogenated alkanes) is 1. The molecular formula is C30H40ClNO5. The van der Waals surface area contributed by atoms with Gasteiger partial charge in [0.2, 0.25) is 0 Å². The summed E-state index contributed by atoms with van der Waals surface area (Å²) in [6, 6.07) is 12.9. The monoisotopic (exact) mass is 529 g/mol. The van der Waals surface area contributed by atoms with Crippen molar-refractivity contribution in [2.75, 3.05) is 19.1 Å². The lowest BCUT2D eigenvalue weighted by atomic mass is 9.97. The number of alkyl carbamates (subject to hydrolysis) is 1. The van der Waals surface area contributed by atoms with E-state index < -0.39 is 23.7 Å². The number of carbonyl (C=O) groups excluding carboxylic acids is 2. The first-order valence-corrected chi connectivity index (χ1v) is 13.3. The van der Waals surface area contributed by atoms with Crippen molar-refractivity contribution in [1.29, 1.82) is 0 Å². The highest BCUT2D eigenvalue weighted by Crippen LogP contribution is 2.29. The minimum Gasteiger partial charge on any atom is -0.494 e. The van der Waals surface area contributed by atoms with Crippen LogP contribution in [0.15, 0.2) is 49.0 Å². The first kappa shape index (κ1) is 30.2. The summed E-state index contributed by atoms with van der Waals surface area (Å²) in [6.45, 7) is 14.1. The molecule has 0 saturated carbocycles. The normalized spacial score (nSPS) is 12.1. The summed E-state index contributed by atoms with van der Waals surface area (Å²) in [5, 5.41) is 2.67. The summed E-state index contributed by atoms with van der Waals surface area (Å²) >= 11 is 5.73. The van der Waals surface area contributed by atoms with Gasteiger partial charge in [-0.05, 0) is 73.9 Å². The van der Waals surface area contributed by atoms with Crippen LogP contribution in [0.2, 0.25) is 0 Å². The van der Waals surface area contributed by atoms with Crippen molar-refractivity contribution in [1.82, 2.24) is 5.32 Å². The first-order chi connectivity index (χ1) is 17.5. The number of hydrogen-bond acceptors (Lipinski definition) is 5. The lowest BCUT2D eigenvalue weighted by molar-refractivity contribution is -0.147. The standard InChI is InChI=1S/C30H40ClNO5/c1-7-23-19-25(35-17-9-8-16-31)14-15-26(23)24-12-10-22(11-13-24)18-27(28(33)36-20-21(2)3)32-29(34)37-30(4,5)6/h7,10-15,19,21,27H,1,8-9,16-18,20H2,2-6H3,(H,32,34)/t27-/m0/s1.